The molecule has 1 N–H and O–H groups in total. The fourth-order valence-corrected chi connectivity index (χ4v) is 1.14. The van der Waals surface area contributed by atoms with Gasteiger partial charge in [-0.3, -0.25) is 0 Å². The fourth-order valence-electron chi connectivity index (χ4n) is 1.01. The van der Waals surface area contributed by atoms with Gasteiger partial charge in [-0.1, -0.05) is 18.5 Å². The minimum Gasteiger partial charge on any atom is -0.380 e. The first-order valence-corrected chi connectivity index (χ1v) is 4.95. The summed E-state index contributed by atoms with van der Waals surface area (Å²) in [6.07, 6.45) is 1.09. The van der Waals surface area contributed by atoms with E-state index in [0.717, 1.165) is 17.1 Å². The maximum absolute atomic E-state index is 5.79. The zero-order valence-corrected chi connectivity index (χ0v) is 9.15. The van der Waals surface area contributed by atoms with Gasteiger partial charge in [-0.05, 0) is 44.5 Å². The molecule has 0 saturated carbocycles. The Morgan fingerprint density at radius 1 is 1.23 bits per heavy atom. The molecule has 1 nitrogen and oxygen atoms in total. The summed E-state index contributed by atoms with van der Waals surface area (Å²) in [5, 5.41) is 4.21. The van der Waals surface area contributed by atoms with Crippen LogP contribution in [0.4, 0.5) is 5.69 Å². The minimum absolute atomic E-state index is 0.147. The number of halogens is 1. The Morgan fingerprint density at radius 2 is 1.77 bits per heavy atom. The van der Waals surface area contributed by atoms with Crippen LogP contribution in [0.2, 0.25) is 5.02 Å². The summed E-state index contributed by atoms with van der Waals surface area (Å²) in [6.45, 7) is 6.53. The quantitative estimate of drug-likeness (QED) is 0.774. The van der Waals surface area contributed by atoms with E-state index < -0.39 is 0 Å². The Balaban J connectivity index is 2.69. The molecule has 0 aliphatic heterocycles. The highest BCUT2D eigenvalue weighted by Gasteiger charge is 2.13. The summed E-state index contributed by atoms with van der Waals surface area (Å²) in [5.41, 5.74) is 1.27. The first-order valence-electron chi connectivity index (χ1n) is 4.57. The van der Waals surface area contributed by atoms with Crippen LogP contribution in [0.1, 0.15) is 27.2 Å². The van der Waals surface area contributed by atoms with Crippen LogP contribution >= 0.6 is 11.6 Å². The molecule has 1 aromatic rings. The van der Waals surface area contributed by atoms with Crippen molar-refractivity contribution in [3.05, 3.63) is 29.3 Å². The third-order valence-corrected chi connectivity index (χ3v) is 2.46. The van der Waals surface area contributed by atoms with Crippen molar-refractivity contribution in [3.8, 4) is 0 Å². The average Bonchev–Trinajstić information content (AvgIpc) is 2.09. The van der Waals surface area contributed by atoms with Crippen LogP contribution in [-0.2, 0) is 0 Å². The molecule has 0 spiro atoms. The van der Waals surface area contributed by atoms with Gasteiger partial charge in [-0.2, -0.15) is 0 Å². The standard InChI is InChI=1S/C11H16ClN/c1-4-11(2,3)13-10-7-5-9(12)6-8-10/h5-8,13H,4H2,1-3H3. The van der Waals surface area contributed by atoms with Crippen molar-refractivity contribution in [1.82, 2.24) is 0 Å². The molecule has 0 unspecified atom stereocenters. The molecule has 0 bridgehead atoms. The summed E-state index contributed by atoms with van der Waals surface area (Å²) in [4.78, 5) is 0. The van der Waals surface area contributed by atoms with E-state index >= 15 is 0 Å². The SMILES string of the molecule is CCC(C)(C)Nc1ccc(Cl)cc1. The second-order valence-corrected chi connectivity index (χ2v) is 4.31. The van der Waals surface area contributed by atoms with Gasteiger partial charge in [0, 0.05) is 16.2 Å². The molecule has 13 heavy (non-hydrogen) atoms. The average molecular weight is 198 g/mol. The number of anilines is 1. The molecule has 0 aromatic heterocycles. The van der Waals surface area contributed by atoms with Gasteiger partial charge in [0.15, 0.2) is 0 Å². The number of benzene rings is 1. The van der Waals surface area contributed by atoms with Crippen LogP contribution in [0.25, 0.3) is 0 Å². The van der Waals surface area contributed by atoms with Gasteiger partial charge in [0.2, 0.25) is 0 Å². The van der Waals surface area contributed by atoms with Gasteiger partial charge in [-0.15, -0.1) is 0 Å². The molecule has 0 fully saturated rings. The second-order valence-electron chi connectivity index (χ2n) is 3.87. The molecule has 0 radical (unpaired) electrons. The van der Waals surface area contributed by atoms with E-state index in [9.17, 15) is 0 Å². The summed E-state index contributed by atoms with van der Waals surface area (Å²) >= 11 is 5.79. The lowest BCUT2D eigenvalue weighted by atomic mass is 10.0. The maximum Gasteiger partial charge on any atom is 0.0407 e. The topological polar surface area (TPSA) is 12.0 Å². The second kappa shape index (κ2) is 4.01. The smallest absolute Gasteiger partial charge is 0.0407 e. The lowest BCUT2D eigenvalue weighted by molar-refractivity contribution is 0.547. The molecule has 2 heteroatoms. The highest BCUT2D eigenvalue weighted by molar-refractivity contribution is 6.30. The van der Waals surface area contributed by atoms with Crippen molar-refractivity contribution in [2.45, 2.75) is 32.7 Å². The van der Waals surface area contributed by atoms with Crippen molar-refractivity contribution in [2.24, 2.45) is 0 Å². The molecule has 0 aliphatic carbocycles. The predicted molar refractivity (Wildman–Crippen MR) is 59.4 cm³/mol. The van der Waals surface area contributed by atoms with Crippen molar-refractivity contribution < 1.29 is 0 Å². The van der Waals surface area contributed by atoms with Crippen molar-refractivity contribution in [3.63, 3.8) is 0 Å². The van der Waals surface area contributed by atoms with Crippen molar-refractivity contribution in [1.29, 1.82) is 0 Å². The Labute approximate surface area is 85.1 Å². The van der Waals surface area contributed by atoms with E-state index in [4.69, 9.17) is 11.6 Å². The third-order valence-electron chi connectivity index (χ3n) is 2.21. The molecular weight excluding hydrogens is 182 g/mol. The Hall–Kier alpha value is -0.690. The monoisotopic (exact) mass is 197 g/mol. The number of hydrogen-bond donors (Lipinski definition) is 1. The van der Waals surface area contributed by atoms with Crippen LogP contribution in [0.3, 0.4) is 0 Å². The van der Waals surface area contributed by atoms with Gasteiger partial charge < -0.3 is 5.32 Å². The zero-order valence-electron chi connectivity index (χ0n) is 8.39. The summed E-state index contributed by atoms with van der Waals surface area (Å²) in [7, 11) is 0. The normalized spacial score (nSPS) is 11.4. The number of hydrogen-bond acceptors (Lipinski definition) is 1. The van der Waals surface area contributed by atoms with E-state index in [1.165, 1.54) is 0 Å². The Morgan fingerprint density at radius 3 is 2.23 bits per heavy atom. The van der Waals surface area contributed by atoms with E-state index in [1.54, 1.807) is 0 Å². The molecule has 1 rings (SSSR count). The Bertz CT molecular complexity index is 264. The first-order chi connectivity index (χ1) is 6.03. The van der Waals surface area contributed by atoms with Gasteiger partial charge in [0.25, 0.3) is 0 Å². The maximum atomic E-state index is 5.79. The van der Waals surface area contributed by atoms with Crippen LogP contribution in [0.5, 0.6) is 0 Å². The molecular formula is C11H16ClN. The lowest BCUT2D eigenvalue weighted by Gasteiger charge is -2.25. The van der Waals surface area contributed by atoms with Gasteiger partial charge >= 0.3 is 0 Å². The molecule has 0 amide bonds. The molecule has 72 valence electrons. The Kier molecular flexibility index (Phi) is 3.21. The van der Waals surface area contributed by atoms with Gasteiger partial charge in [0.05, 0.1) is 0 Å². The number of rotatable bonds is 3. The minimum atomic E-state index is 0.147. The molecule has 0 atom stereocenters. The molecule has 0 saturated heterocycles. The van der Waals surface area contributed by atoms with E-state index in [0.29, 0.717) is 0 Å². The molecule has 1 aromatic carbocycles. The third kappa shape index (κ3) is 3.27. The summed E-state index contributed by atoms with van der Waals surface area (Å²) < 4.78 is 0. The van der Waals surface area contributed by atoms with Gasteiger partial charge in [-0.25, -0.2) is 0 Å². The van der Waals surface area contributed by atoms with Crippen molar-refractivity contribution in [2.75, 3.05) is 5.32 Å². The van der Waals surface area contributed by atoms with Crippen molar-refractivity contribution >= 4 is 17.3 Å². The van der Waals surface area contributed by atoms with Crippen LogP contribution in [0, 0.1) is 0 Å². The highest BCUT2D eigenvalue weighted by Crippen LogP contribution is 2.19. The van der Waals surface area contributed by atoms with Crippen LogP contribution in [-0.4, -0.2) is 5.54 Å². The van der Waals surface area contributed by atoms with E-state index in [2.05, 4.69) is 26.1 Å². The van der Waals surface area contributed by atoms with Gasteiger partial charge in [0.1, 0.15) is 0 Å². The summed E-state index contributed by atoms with van der Waals surface area (Å²) in [6, 6.07) is 7.80. The van der Waals surface area contributed by atoms with Crippen LogP contribution < -0.4 is 5.32 Å². The highest BCUT2D eigenvalue weighted by atomic mass is 35.5. The van der Waals surface area contributed by atoms with E-state index in [-0.39, 0.29) is 5.54 Å². The zero-order chi connectivity index (χ0) is 9.90. The summed E-state index contributed by atoms with van der Waals surface area (Å²) in [5.74, 6) is 0. The predicted octanol–water partition coefficient (Wildman–Crippen LogP) is 3.94. The lowest BCUT2D eigenvalue weighted by Crippen LogP contribution is -2.29. The van der Waals surface area contributed by atoms with Crippen LogP contribution in [0.15, 0.2) is 24.3 Å². The number of nitrogens with one attached hydrogen (secondary N) is 1. The fraction of sp³-hybridized carbons (Fsp3) is 0.455. The molecule has 0 aliphatic rings. The molecule has 0 heterocycles. The largest absolute Gasteiger partial charge is 0.380 e. The van der Waals surface area contributed by atoms with E-state index in [1.807, 2.05) is 24.3 Å². The first kappa shape index (κ1) is 10.4.